The second-order valence-corrected chi connectivity index (χ2v) is 1.81. The molecule has 0 aliphatic carbocycles. The van der Waals surface area contributed by atoms with Crippen LogP contribution < -0.4 is 11.2 Å². The quantitative estimate of drug-likeness (QED) is 0.509. The second-order valence-electron chi connectivity index (χ2n) is 1.81. The number of aromatic carboxylic acids is 1. The fourth-order valence-corrected chi connectivity index (χ4v) is 0.584. The van der Waals surface area contributed by atoms with Gasteiger partial charge in [-0.05, 0) is 0 Å². The molecule has 1 rings (SSSR count). The van der Waals surface area contributed by atoms with Crippen LogP contribution in [0.2, 0.25) is 0 Å². The van der Waals surface area contributed by atoms with E-state index in [2.05, 4.69) is 0 Å². The Bertz CT molecular complexity index is 365. The van der Waals surface area contributed by atoms with E-state index in [-0.39, 0.29) is 16.5 Å². The third kappa shape index (κ3) is 2.35. The summed E-state index contributed by atoms with van der Waals surface area (Å²) in [6.45, 7) is 0. The number of carboxylic acid groups (broad SMARTS) is 1. The van der Waals surface area contributed by atoms with Crippen molar-refractivity contribution in [2.24, 2.45) is 0 Å². The number of carboxylic acids is 1. The van der Waals surface area contributed by atoms with Gasteiger partial charge in [0.05, 0.1) is 0 Å². The van der Waals surface area contributed by atoms with Gasteiger partial charge < -0.3 is 10.1 Å². The molecule has 6 nitrogen and oxygen atoms in total. The molecule has 0 spiro atoms. The van der Waals surface area contributed by atoms with Crippen molar-refractivity contribution in [3.8, 4) is 0 Å². The number of aromatic nitrogens is 2. The van der Waals surface area contributed by atoms with Crippen LogP contribution in [0.25, 0.3) is 0 Å². The molecule has 0 atom stereocenters. The molecule has 0 amide bonds. The molecule has 12 heavy (non-hydrogen) atoms. The maximum Gasteiger partial charge on any atom is 0.352 e. The minimum Gasteiger partial charge on any atom is -0.477 e. The van der Waals surface area contributed by atoms with Gasteiger partial charge in [0, 0.05) is 22.6 Å². The first-order valence-electron chi connectivity index (χ1n) is 2.66. The summed E-state index contributed by atoms with van der Waals surface area (Å²) >= 11 is 0. The molecule has 3 N–H and O–H groups in total. The van der Waals surface area contributed by atoms with E-state index in [1.165, 1.54) is 0 Å². The molecular weight excluding hydrogens is 211 g/mol. The Labute approximate surface area is 75.6 Å². The first kappa shape index (κ1) is 10.6. The molecule has 68 valence electrons. The monoisotopic (exact) mass is 214 g/mol. The van der Waals surface area contributed by atoms with Gasteiger partial charge in [-0.2, -0.15) is 0 Å². The Morgan fingerprint density at radius 3 is 2.33 bits per heavy atom. The largest absolute Gasteiger partial charge is 0.477 e. The van der Waals surface area contributed by atoms with Crippen molar-refractivity contribution < 1.29 is 26.4 Å². The topological polar surface area (TPSA) is 103 Å². The summed E-state index contributed by atoms with van der Waals surface area (Å²) in [5.41, 5.74) is -1.97. The summed E-state index contributed by atoms with van der Waals surface area (Å²) in [5, 5.41) is 8.31. The maximum atomic E-state index is 10.5. The number of H-pyrrole nitrogens is 2. The van der Waals surface area contributed by atoms with Gasteiger partial charge in [-0.15, -0.1) is 0 Å². The van der Waals surface area contributed by atoms with E-state index in [1.807, 2.05) is 9.97 Å². The van der Waals surface area contributed by atoms with Gasteiger partial charge >= 0.3 is 11.7 Å². The molecule has 0 unspecified atom stereocenters. The van der Waals surface area contributed by atoms with E-state index in [0.29, 0.717) is 0 Å². The molecular formula is C5H4N2NiO4. The molecule has 0 aliphatic rings. The molecule has 0 bridgehead atoms. The minimum atomic E-state index is -1.34. The summed E-state index contributed by atoms with van der Waals surface area (Å²) in [6.07, 6.45) is 0. The Hall–Kier alpha value is -1.36. The minimum absolute atomic E-state index is 0. The number of nitrogens with one attached hydrogen (secondary N) is 2. The molecule has 7 heteroatoms. The molecule has 1 aromatic heterocycles. The molecule has 1 heterocycles. The second kappa shape index (κ2) is 3.87. The third-order valence-corrected chi connectivity index (χ3v) is 0.991. The van der Waals surface area contributed by atoms with Crippen LogP contribution >= 0.6 is 0 Å². The van der Waals surface area contributed by atoms with Crippen molar-refractivity contribution in [2.45, 2.75) is 0 Å². The summed E-state index contributed by atoms with van der Waals surface area (Å²) < 4.78 is 0. The number of hydrogen-bond donors (Lipinski definition) is 3. The Morgan fingerprint density at radius 1 is 1.33 bits per heavy atom. The summed E-state index contributed by atoms with van der Waals surface area (Å²) in [5.74, 6) is -1.34. The van der Waals surface area contributed by atoms with E-state index in [9.17, 15) is 14.4 Å². The van der Waals surface area contributed by atoms with Crippen molar-refractivity contribution in [1.82, 2.24) is 9.97 Å². The van der Waals surface area contributed by atoms with Gasteiger partial charge in [-0.3, -0.25) is 9.78 Å². The van der Waals surface area contributed by atoms with Gasteiger partial charge in [0.1, 0.15) is 5.69 Å². The summed E-state index contributed by atoms with van der Waals surface area (Å²) in [6, 6.07) is 0.795. The van der Waals surface area contributed by atoms with Crippen molar-refractivity contribution >= 4 is 5.97 Å². The van der Waals surface area contributed by atoms with Crippen molar-refractivity contribution in [2.75, 3.05) is 0 Å². The van der Waals surface area contributed by atoms with Crippen LogP contribution in [0.1, 0.15) is 10.5 Å². The van der Waals surface area contributed by atoms with Gasteiger partial charge in [-0.25, -0.2) is 9.59 Å². The van der Waals surface area contributed by atoms with Crippen LogP contribution in [-0.2, 0) is 16.5 Å². The normalized spacial score (nSPS) is 8.67. The molecule has 0 aliphatic heterocycles. The molecule has 1 aromatic rings. The van der Waals surface area contributed by atoms with Crippen molar-refractivity contribution in [3.05, 3.63) is 32.6 Å². The summed E-state index contributed by atoms with van der Waals surface area (Å²) in [7, 11) is 0. The average Bonchev–Trinajstić information content (AvgIpc) is 1.85. The number of rotatable bonds is 1. The molecule has 0 radical (unpaired) electrons. The van der Waals surface area contributed by atoms with Gasteiger partial charge in [-0.1, -0.05) is 0 Å². The first-order chi connectivity index (χ1) is 5.09. The smallest absolute Gasteiger partial charge is 0.352 e. The zero-order valence-corrected chi connectivity index (χ0v) is 6.55. The zero-order chi connectivity index (χ0) is 8.43. The van der Waals surface area contributed by atoms with E-state index in [1.54, 1.807) is 0 Å². The van der Waals surface area contributed by atoms with Crippen LogP contribution in [0.15, 0.2) is 15.7 Å². The van der Waals surface area contributed by atoms with Gasteiger partial charge in [0.25, 0.3) is 5.56 Å². The third-order valence-electron chi connectivity index (χ3n) is 0.991. The number of carbonyl (C=O) groups is 1. The maximum absolute atomic E-state index is 10.5. The van der Waals surface area contributed by atoms with Crippen LogP contribution in [0.5, 0.6) is 0 Å². The van der Waals surface area contributed by atoms with E-state index in [4.69, 9.17) is 5.11 Å². The molecule has 0 aromatic carbocycles. The van der Waals surface area contributed by atoms with Crippen LogP contribution in [0, 0.1) is 0 Å². The Balaban J connectivity index is 0.00000121. The zero-order valence-electron chi connectivity index (χ0n) is 5.57. The summed E-state index contributed by atoms with van der Waals surface area (Å²) in [4.78, 5) is 34.9. The standard InChI is InChI=1S/C5H4N2O4.Ni/c8-3-1-2(4(9)10)6-5(11)7-3;/h1H,(H,9,10)(H2,6,7,8,11);. The Kier molecular flexibility index (Phi) is 3.43. The van der Waals surface area contributed by atoms with Gasteiger partial charge in [0.2, 0.25) is 0 Å². The van der Waals surface area contributed by atoms with E-state index < -0.39 is 22.9 Å². The SMILES string of the molecule is O=C(O)c1cc(=O)[nH]c(=O)[nH]1.[Ni]. The Morgan fingerprint density at radius 2 is 1.92 bits per heavy atom. The van der Waals surface area contributed by atoms with E-state index in [0.717, 1.165) is 6.07 Å². The predicted octanol–water partition coefficient (Wildman–Crippen LogP) is -1.24. The van der Waals surface area contributed by atoms with Crippen molar-refractivity contribution in [3.63, 3.8) is 0 Å². The number of hydrogen-bond acceptors (Lipinski definition) is 3. The number of aromatic amines is 2. The van der Waals surface area contributed by atoms with Crippen molar-refractivity contribution in [1.29, 1.82) is 0 Å². The molecule has 0 saturated carbocycles. The first-order valence-corrected chi connectivity index (χ1v) is 2.66. The molecule has 0 fully saturated rings. The molecule has 0 saturated heterocycles. The van der Waals surface area contributed by atoms with Crippen LogP contribution in [0.4, 0.5) is 0 Å². The van der Waals surface area contributed by atoms with Crippen LogP contribution in [-0.4, -0.2) is 21.0 Å². The van der Waals surface area contributed by atoms with Gasteiger partial charge in [0.15, 0.2) is 0 Å². The fourth-order valence-electron chi connectivity index (χ4n) is 0.584. The van der Waals surface area contributed by atoms with E-state index >= 15 is 0 Å². The average molecular weight is 215 g/mol. The van der Waals surface area contributed by atoms with Crippen LogP contribution in [0.3, 0.4) is 0 Å². The fraction of sp³-hybridized carbons (Fsp3) is 0. The predicted molar refractivity (Wildman–Crippen MR) is 34.6 cm³/mol.